The smallest absolute Gasteiger partial charge is 0.348 e. The summed E-state index contributed by atoms with van der Waals surface area (Å²) in [6.45, 7) is 4.00. The van der Waals surface area contributed by atoms with Crippen LogP contribution in [-0.4, -0.2) is 4.98 Å². The molecule has 3 nitrogen and oxygen atoms in total. The Labute approximate surface area is 120 Å². The molecule has 1 aromatic carbocycles. The first-order chi connectivity index (χ1) is 9.70. The van der Waals surface area contributed by atoms with Crippen LogP contribution in [0.1, 0.15) is 24.8 Å². The van der Waals surface area contributed by atoms with Crippen molar-refractivity contribution in [3.05, 3.63) is 52.2 Å². The standard InChI is InChI=1S/C16H15NO2S/c1-3-7-12-17-15-13(16(18)19-12)10(2)14(20-15)11-8-5-4-6-9-11/h4-6,8-9H,3,7H2,1-2H3. The van der Waals surface area contributed by atoms with Crippen LogP contribution in [0.5, 0.6) is 0 Å². The van der Waals surface area contributed by atoms with Gasteiger partial charge in [0.2, 0.25) is 0 Å². The number of rotatable bonds is 3. The molecular weight excluding hydrogens is 270 g/mol. The van der Waals surface area contributed by atoms with Crippen LogP contribution in [0.25, 0.3) is 20.7 Å². The van der Waals surface area contributed by atoms with Crippen molar-refractivity contribution in [1.82, 2.24) is 4.98 Å². The van der Waals surface area contributed by atoms with Crippen molar-refractivity contribution >= 4 is 21.6 Å². The molecule has 0 aliphatic heterocycles. The van der Waals surface area contributed by atoms with E-state index in [2.05, 4.69) is 4.98 Å². The summed E-state index contributed by atoms with van der Waals surface area (Å²) in [7, 11) is 0. The van der Waals surface area contributed by atoms with Gasteiger partial charge in [-0.1, -0.05) is 37.3 Å². The third-order valence-electron chi connectivity index (χ3n) is 3.27. The molecule has 0 unspecified atom stereocenters. The second-order valence-corrected chi connectivity index (χ2v) is 5.75. The predicted molar refractivity (Wildman–Crippen MR) is 82.3 cm³/mol. The largest absolute Gasteiger partial charge is 0.408 e. The van der Waals surface area contributed by atoms with E-state index in [9.17, 15) is 4.79 Å². The Morgan fingerprint density at radius 3 is 2.70 bits per heavy atom. The fraction of sp³-hybridized carbons (Fsp3) is 0.250. The summed E-state index contributed by atoms with van der Waals surface area (Å²) in [6.07, 6.45) is 1.61. The van der Waals surface area contributed by atoms with Crippen LogP contribution in [0.15, 0.2) is 39.5 Å². The Kier molecular flexibility index (Phi) is 3.40. The van der Waals surface area contributed by atoms with E-state index in [1.165, 1.54) is 0 Å². The van der Waals surface area contributed by atoms with Gasteiger partial charge in [-0.25, -0.2) is 9.78 Å². The minimum absolute atomic E-state index is 0.269. The number of nitrogens with zero attached hydrogens (tertiary/aromatic N) is 1. The van der Waals surface area contributed by atoms with Gasteiger partial charge in [0, 0.05) is 11.3 Å². The van der Waals surface area contributed by atoms with E-state index in [1.807, 2.05) is 44.2 Å². The molecule has 0 amide bonds. The molecule has 3 aromatic rings. The molecule has 0 aliphatic carbocycles. The maximum Gasteiger partial charge on any atom is 0.348 e. The maximum atomic E-state index is 12.1. The summed E-state index contributed by atoms with van der Waals surface area (Å²) in [6, 6.07) is 10.1. The van der Waals surface area contributed by atoms with Gasteiger partial charge in [0.15, 0.2) is 5.89 Å². The number of benzene rings is 1. The summed E-state index contributed by atoms with van der Waals surface area (Å²) in [5, 5.41) is 0.619. The summed E-state index contributed by atoms with van der Waals surface area (Å²) in [5.41, 5.74) is 1.80. The van der Waals surface area contributed by atoms with Gasteiger partial charge in [0.1, 0.15) is 10.2 Å². The molecule has 0 aliphatic rings. The van der Waals surface area contributed by atoms with Gasteiger partial charge in [0.25, 0.3) is 0 Å². The van der Waals surface area contributed by atoms with Gasteiger partial charge in [0.05, 0.1) is 0 Å². The zero-order valence-corrected chi connectivity index (χ0v) is 12.3. The number of hydrogen-bond donors (Lipinski definition) is 0. The zero-order valence-electron chi connectivity index (χ0n) is 11.5. The van der Waals surface area contributed by atoms with E-state index in [0.717, 1.165) is 27.3 Å². The van der Waals surface area contributed by atoms with Gasteiger partial charge in [-0.2, -0.15) is 0 Å². The second kappa shape index (κ2) is 5.21. The quantitative estimate of drug-likeness (QED) is 0.725. The highest BCUT2D eigenvalue weighted by molar-refractivity contribution is 7.22. The van der Waals surface area contributed by atoms with E-state index in [1.54, 1.807) is 11.3 Å². The number of thiophene rings is 1. The van der Waals surface area contributed by atoms with Crippen molar-refractivity contribution in [1.29, 1.82) is 0 Å². The first-order valence-corrected chi connectivity index (χ1v) is 7.51. The fourth-order valence-electron chi connectivity index (χ4n) is 2.30. The van der Waals surface area contributed by atoms with Crippen LogP contribution in [-0.2, 0) is 6.42 Å². The lowest BCUT2D eigenvalue weighted by atomic mass is 10.1. The van der Waals surface area contributed by atoms with Crippen molar-refractivity contribution in [2.75, 3.05) is 0 Å². The van der Waals surface area contributed by atoms with Crippen LogP contribution < -0.4 is 5.63 Å². The third-order valence-corrected chi connectivity index (χ3v) is 4.50. The Bertz CT molecular complexity index is 802. The van der Waals surface area contributed by atoms with Gasteiger partial charge in [-0.3, -0.25) is 0 Å². The molecule has 20 heavy (non-hydrogen) atoms. The average molecular weight is 285 g/mol. The highest BCUT2D eigenvalue weighted by atomic mass is 32.1. The van der Waals surface area contributed by atoms with Crippen LogP contribution in [0.4, 0.5) is 0 Å². The molecule has 0 radical (unpaired) electrons. The summed E-state index contributed by atoms with van der Waals surface area (Å²) >= 11 is 1.56. The lowest BCUT2D eigenvalue weighted by Gasteiger charge is -1.98. The van der Waals surface area contributed by atoms with E-state index in [4.69, 9.17) is 4.42 Å². The molecule has 3 rings (SSSR count). The predicted octanol–water partition coefficient (Wildman–Crippen LogP) is 4.18. The molecule has 2 heterocycles. The molecule has 0 saturated heterocycles. The normalized spacial score (nSPS) is 11.1. The average Bonchev–Trinajstić information content (AvgIpc) is 2.78. The molecule has 0 atom stereocenters. The number of aromatic nitrogens is 1. The topological polar surface area (TPSA) is 43.1 Å². The summed E-state index contributed by atoms with van der Waals surface area (Å²) in [5.74, 6) is 0.533. The molecule has 0 N–H and O–H groups in total. The van der Waals surface area contributed by atoms with Crippen LogP contribution in [0.3, 0.4) is 0 Å². The van der Waals surface area contributed by atoms with Crippen molar-refractivity contribution in [3.63, 3.8) is 0 Å². The summed E-state index contributed by atoms with van der Waals surface area (Å²) < 4.78 is 5.30. The minimum Gasteiger partial charge on any atom is -0.408 e. The van der Waals surface area contributed by atoms with Gasteiger partial charge in [-0.05, 0) is 24.5 Å². The van der Waals surface area contributed by atoms with Crippen LogP contribution in [0, 0.1) is 6.92 Å². The molecule has 0 spiro atoms. The Hall–Kier alpha value is -1.94. The summed E-state index contributed by atoms with van der Waals surface area (Å²) in [4.78, 5) is 18.5. The Balaban J connectivity index is 2.24. The molecular formula is C16H15NO2S. The maximum absolute atomic E-state index is 12.1. The van der Waals surface area contributed by atoms with Crippen LogP contribution >= 0.6 is 11.3 Å². The van der Waals surface area contributed by atoms with Gasteiger partial charge in [-0.15, -0.1) is 11.3 Å². The lowest BCUT2D eigenvalue weighted by Crippen LogP contribution is -2.04. The zero-order chi connectivity index (χ0) is 14.1. The molecule has 4 heteroatoms. The lowest BCUT2D eigenvalue weighted by molar-refractivity contribution is 0.442. The van der Waals surface area contributed by atoms with E-state index in [0.29, 0.717) is 17.7 Å². The first-order valence-electron chi connectivity index (χ1n) is 6.69. The molecule has 2 aromatic heterocycles. The highest BCUT2D eigenvalue weighted by Crippen LogP contribution is 2.35. The van der Waals surface area contributed by atoms with Gasteiger partial charge >= 0.3 is 5.63 Å². The number of fused-ring (bicyclic) bond motifs is 1. The van der Waals surface area contributed by atoms with Crippen molar-refractivity contribution in [2.24, 2.45) is 0 Å². The first kappa shape index (κ1) is 13.1. The van der Waals surface area contributed by atoms with Crippen molar-refractivity contribution < 1.29 is 4.42 Å². The molecule has 0 bridgehead atoms. The fourth-order valence-corrected chi connectivity index (χ4v) is 3.49. The van der Waals surface area contributed by atoms with Crippen LogP contribution in [0.2, 0.25) is 0 Å². The molecule has 102 valence electrons. The van der Waals surface area contributed by atoms with E-state index >= 15 is 0 Å². The number of aryl methyl sites for hydroxylation is 2. The third kappa shape index (κ3) is 2.16. The van der Waals surface area contributed by atoms with Crippen molar-refractivity contribution in [2.45, 2.75) is 26.7 Å². The highest BCUT2D eigenvalue weighted by Gasteiger charge is 2.16. The minimum atomic E-state index is -0.269. The molecule has 0 fully saturated rings. The van der Waals surface area contributed by atoms with E-state index in [-0.39, 0.29) is 5.63 Å². The van der Waals surface area contributed by atoms with E-state index < -0.39 is 0 Å². The Morgan fingerprint density at radius 2 is 2.00 bits per heavy atom. The van der Waals surface area contributed by atoms with Gasteiger partial charge < -0.3 is 4.42 Å². The SMILES string of the molecule is CCCc1nc2sc(-c3ccccc3)c(C)c2c(=O)o1. The monoisotopic (exact) mass is 285 g/mol. The molecule has 0 saturated carbocycles. The Morgan fingerprint density at radius 1 is 1.25 bits per heavy atom. The van der Waals surface area contributed by atoms with Crippen molar-refractivity contribution in [3.8, 4) is 10.4 Å². The number of hydrogen-bond acceptors (Lipinski definition) is 4. The second-order valence-electron chi connectivity index (χ2n) is 4.75.